The Balaban J connectivity index is 2.12. The first-order chi connectivity index (χ1) is 10.1. The molecule has 0 aliphatic carbocycles. The predicted octanol–water partition coefficient (Wildman–Crippen LogP) is 3.65. The Morgan fingerprint density at radius 1 is 1.14 bits per heavy atom. The number of halogens is 1. The largest absolute Gasteiger partial charge is 0.326 e. The fraction of sp³-hybridized carbons (Fsp3) is 0.235. The number of nitrogens with two attached hydrogens (primary N) is 1. The molecule has 2 aromatic rings. The van der Waals surface area contributed by atoms with Crippen molar-refractivity contribution in [1.29, 1.82) is 0 Å². The molecule has 0 fully saturated rings. The van der Waals surface area contributed by atoms with E-state index in [0.29, 0.717) is 13.0 Å². The van der Waals surface area contributed by atoms with Crippen LogP contribution in [0.3, 0.4) is 0 Å². The van der Waals surface area contributed by atoms with E-state index in [9.17, 15) is 4.79 Å². The molecule has 0 aliphatic heterocycles. The van der Waals surface area contributed by atoms with Gasteiger partial charge in [0.05, 0.1) is 6.42 Å². The molecule has 110 valence electrons. The van der Waals surface area contributed by atoms with Crippen LogP contribution in [0.1, 0.15) is 23.6 Å². The minimum absolute atomic E-state index is 0.0204. The Morgan fingerprint density at radius 2 is 1.86 bits per heavy atom. The van der Waals surface area contributed by atoms with Crippen molar-refractivity contribution in [2.45, 2.75) is 26.3 Å². The van der Waals surface area contributed by atoms with Crippen LogP contribution in [0.15, 0.2) is 46.9 Å². The van der Waals surface area contributed by atoms with Gasteiger partial charge >= 0.3 is 0 Å². The second-order valence-corrected chi connectivity index (χ2v) is 5.77. The average Bonchev–Trinajstić information content (AvgIpc) is 2.49. The summed E-state index contributed by atoms with van der Waals surface area (Å²) in [6, 6.07) is 13.7. The lowest BCUT2D eigenvalue weighted by Gasteiger charge is -2.12. The highest BCUT2D eigenvalue weighted by atomic mass is 79.9. The van der Waals surface area contributed by atoms with Gasteiger partial charge in [0.15, 0.2) is 0 Å². The summed E-state index contributed by atoms with van der Waals surface area (Å²) in [5.74, 6) is -0.0204. The lowest BCUT2D eigenvalue weighted by atomic mass is 10.0. The van der Waals surface area contributed by atoms with Gasteiger partial charge in [-0.1, -0.05) is 47.1 Å². The number of rotatable bonds is 5. The number of hydrogen-bond donors (Lipinski definition) is 2. The molecule has 3 N–H and O–H groups in total. The van der Waals surface area contributed by atoms with Gasteiger partial charge in [0.1, 0.15) is 0 Å². The number of benzene rings is 2. The lowest BCUT2D eigenvalue weighted by molar-refractivity contribution is -0.115. The topological polar surface area (TPSA) is 55.1 Å². The van der Waals surface area contributed by atoms with Crippen LogP contribution < -0.4 is 11.1 Å². The van der Waals surface area contributed by atoms with E-state index in [1.54, 1.807) is 0 Å². The van der Waals surface area contributed by atoms with E-state index < -0.39 is 0 Å². The molecule has 4 heteroatoms. The zero-order valence-electron chi connectivity index (χ0n) is 12.0. The van der Waals surface area contributed by atoms with Crippen molar-refractivity contribution in [2.75, 3.05) is 5.32 Å². The van der Waals surface area contributed by atoms with Gasteiger partial charge in [-0.2, -0.15) is 0 Å². The molecule has 0 aliphatic rings. The van der Waals surface area contributed by atoms with Crippen LogP contribution in [-0.4, -0.2) is 5.91 Å². The van der Waals surface area contributed by atoms with Gasteiger partial charge in [-0.05, 0) is 41.3 Å². The summed E-state index contributed by atoms with van der Waals surface area (Å²) in [6.07, 6.45) is 1.21. The third kappa shape index (κ3) is 4.16. The van der Waals surface area contributed by atoms with Gasteiger partial charge < -0.3 is 11.1 Å². The second-order valence-electron chi connectivity index (χ2n) is 4.85. The molecule has 21 heavy (non-hydrogen) atoms. The number of nitrogens with one attached hydrogen (secondary N) is 1. The van der Waals surface area contributed by atoms with Crippen LogP contribution in [0, 0.1) is 0 Å². The minimum Gasteiger partial charge on any atom is -0.326 e. The minimum atomic E-state index is -0.0204. The smallest absolute Gasteiger partial charge is 0.228 e. The molecule has 0 aromatic heterocycles. The summed E-state index contributed by atoms with van der Waals surface area (Å²) in [4.78, 5) is 12.2. The molecular formula is C17H19BrN2O. The zero-order chi connectivity index (χ0) is 15.2. The zero-order valence-corrected chi connectivity index (χ0v) is 13.6. The Morgan fingerprint density at radius 3 is 2.52 bits per heavy atom. The Labute approximate surface area is 133 Å². The van der Waals surface area contributed by atoms with Crippen molar-refractivity contribution >= 4 is 27.5 Å². The van der Waals surface area contributed by atoms with E-state index in [2.05, 4.69) is 28.2 Å². The number of carbonyl (C=O) groups excluding carboxylic acids is 1. The standard InChI is InChI=1S/C17H19BrN2O/c1-2-12-9-15(18)7-8-16(12)20-17(21)10-13-5-3-4-6-14(13)11-19/h3-9H,2,10-11,19H2,1H3,(H,20,21). The van der Waals surface area contributed by atoms with Gasteiger partial charge in [0, 0.05) is 16.7 Å². The Kier molecular flexibility index (Phi) is 5.53. The molecule has 0 radical (unpaired) electrons. The van der Waals surface area contributed by atoms with Crippen molar-refractivity contribution in [2.24, 2.45) is 5.73 Å². The maximum Gasteiger partial charge on any atom is 0.228 e. The lowest BCUT2D eigenvalue weighted by Crippen LogP contribution is -2.17. The normalized spacial score (nSPS) is 10.4. The van der Waals surface area contributed by atoms with E-state index in [-0.39, 0.29) is 5.91 Å². The van der Waals surface area contributed by atoms with Gasteiger partial charge in [-0.25, -0.2) is 0 Å². The van der Waals surface area contributed by atoms with E-state index in [0.717, 1.165) is 33.3 Å². The molecular weight excluding hydrogens is 328 g/mol. The van der Waals surface area contributed by atoms with Gasteiger partial charge in [-0.15, -0.1) is 0 Å². The molecule has 0 atom stereocenters. The van der Waals surface area contributed by atoms with Crippen LogP contribution in [0.4, 0.5) is 5.69 Å². The summed E-state index contributed by atoms with van der Waals surface area (Å²) < 4.78 is 1.02. The number of anilines is 1. The third-order valence-corrected chi connectivity index (χ3v) is 3.90. The van der Waals surface area contributed by atoms with Crippen molar-refractivity contribution in [3.63, 3.8) is 0 Å². The summed E-state index contributed by atoms with van der Waals surface area (Å²) >= 11 is 3.45. The molecule has 1 amide bonds. The summed E-state index contributed by atoms with van der Waals surface area (Å²) in [5.41, 5.74) is 9.68. The SMILES string of the molecule is CCc1cc(Br)ccc1NC(=O)Cc1ccccc1CN. The predicted molar refractivity (Wildman–Crippen MR) is 90.2 cm³/mol. The van der Waals surface area contributed by atoms with Crippen LogP contribution in [-0.2, 0) is 24.2 Å². The van der Waals surface area contributed by atoms with E-state index in [1.165, 1.54) is 0 Å². The van der Waals surface area contributed by atoms with Crippen molar-refractivity contribution in [3.05, 3.63) is 63.6 Å². The number of amides is 1. The molecule has 0 heterocycles. The maximum atomic E-state index is 12.2. The van der Waals surface area contributed by atoms with Crippen LogP contribution in [0.5, 0.6) is 0 Å². The summed E-state index contributed by atoms with van der Waals surface area (Å²) in [7, 11) is 0. The first-order valence-corrected chi connectivity index (χ1v) is 7.78. The first-order valence-electron chi connectivity index (χ1n) is 6.99. The quantitative estimate of drug-likeness (QED) is 0.867. The summed E-state index contributed by atoms with van der Waals surface area (Å²) in [6.45, 7) is 2.52. The van der Waals surface area contributed by atoms with Crippen molar-refractivity contribution < 1.29 is 4.79 Å². The van der Waals surface area contributed by atoms with Gasteiger partial charge in [0.25, 0.3) is 0 Å². The van der Waals surface area contributed by atoms with E-state index >= 15 is 0 Å². The Bertz CT molecular complexity index is 640. The second kappa shape index (κ2) is 7.38. The van der Waals surface area contributed by atoms with Crippen LogP contribution >= 0.6 is 15.9 Å². The first kappa shape index (κ1) is 15.7. The molecule has 3 nitrogen and oxygen atoms in total. The fourth-order valence-electron chi connectivity index (χ4n) is 2.27. The number of hydrogen-bond acceptors (Lipinski definition) is 2. The summed E-state index contributed by atoms with van der Waals surface area (Å²) in [5, 5.41) is 2.99. The number of aryl methyl sites for hydroxylation is 1. The van der Waals surface area contributed by atoms with Crippen molar-refractivity contribution in [3.8, 4) is 0 Å². The van der Waals surface area contributed by atoms with Gasteiger partial charge in [0.2, 0.25) is 5.91 Å². The highest BCUT2D eigenvalue weighted by Gasteiger charge is 2.09. The molecule has 2 rings (SSSR count). The molecule has 0 bridgehead atoms. The molecule has 0 unspecified atom stereocenters. The van der Waals surface area contributed by atoms with E-state index in [1.807, 2.05) is 42.5 Å². The highest BCUT2D eigenvalue weighted by Crippen LogP contribution is 2.22. The third-order valence-electron chi connectivity index (χ3n) is 3.41. The van der Waals surface area contributed by atoms with Crippen molar-refractivity contribution in [1.82, 2.24) is 0 Å². The monoisotopic (exact) mass is 346 g/mol. The molecule has 0 saturated carbocycles. The van der Waals surface area contributed by atoms with Gasteiger partial charge in [-0.3, -0.25) is 4.79 Å². The molecule has 0 spiro atoms. The molecule has 2 aromatic carbocycles. The Hall–Kier alpha value is -1.65. The fourth-order valence-corrected chi connectivity index (χ4v) is 2.68. The molecule has 0 saturated heterocycles. The van der Waals surface area contributed by atoms with E-state index in [4.69, 9.17) is 5.73 Å². The maximum absolute atomic E-state index is 12.2. The van der Waals surface area contributed by atoms with Crippen LogP contribution in [0.2, 0.25) is 0 Å². The highest BCUT2D eigenvalue weighted by molar-refractivity contribution is 9.10. The van der Waals surface area contributed by atoms with Crippen LogP contribution in [0.25, 0.3) is 0 Å². The average molecular weight is 347 g/mol. The number of carbonyl (C=O) groups is 1.